The molecule has 1 aliphatic rings. The first-order valence-corrected chi connectivity index (χ1v) is 3.82. The smallest absolute Gasteiger partial charge is 0.165 e. The van der Waals surface area contributed by atoms with Crippen LogP contribution < -0.4 is 0 Å². The summed E-state index contributed by atoms with van der Waals surface area (Å²) in [6, 6.07) is 0. The number of aliphatic hydroxyl groups excluding tert-OH is 3. The van der Waals surface area contributed by atoms with Crippen LogP contribution in [0.1, 0.15) is 0 Å². The molecular weight excluding hydrogens is 164 g/mol. The highest BCUT2D eigenvalue weighted by molar-refractivity contribution is 4.85. The molecule has 0 aromatic heterocycles. The van der Waals surface area contributed by atoms with E-state index in [1.54, 1.807) is 0 Å². The molecule has 12 heavy (non-hydrogen) atoms. The zero-order valence-electron chi connectivity index (χ0n) is 6.88. The lowest BCUT2D eigenvalue weighted by Crippen LogP contribution is -2.32. The minimum Gasteiger partial charge on any atom is -0.396 e. The van der Waals surface area contributed by atoms with Crippen molar-refractivity contribution >= 4 is 0 Å². The van der Waals surface area contributed by atoms with Gasteiger partial charge in [0.25, 0.3) is 0 Å². The topological polar surface area (TPSA) is 79.2 Å². The number of hydrogen-bond acceptors (Lipinski definition) is 5. The van der Waals surface area contributed by atoms with Crippen molar-refractivity contribution in [1.82, 2.24) is 0 Å². The number of ether oxygens (including phenoxy) is 2. The Morgan fingerprint density at radius 1 is 1.33 bits per heavy atom. The van der Waals surface area contributed by atoms with Crippen LogP contribution in [0.4, 0.5) is 0 Å². The molecule has 0 amide bonds. The summed E-state index contributed by atoms with van der Waals surface area (Å²) in [6.45, 7) is -0.478. The third-order valence-corrected chi connectivity index (χ3v) is 2.10. The third-order valence-electron chi connectivity index (χ3n) is 2.10. The van der Waals surface area contributed by atoms with Crippen molar-refractivity contribution in [1.29, 1.82) is 0 Å². The van der Waals surface area contributed by atoms with E-state index < -0.39 is 24.4 Å². The Bertz CT molecular complexity index is 138. The van der Waals surface area contributed by atoms with Crippen molar-refractivity contribution in [2.24, 2.45) is 5.92 Å². The average Bonchev–Trinajstić information content (AvgIpc) is 2.41. The molecule has 1 heterocycles. The van der Waals surface area contributed by atoms with Gasteiger partial charge in [0.15, 0.2) is 6.29 Å². The molecule has 0 unspecified atom stereocenters. The Hall–Kier alpha value is -0.200. The second-order valence-electron chi connectivity index (χ2n) is 2.80. The van der Waals surface area contributed by atoms with Gasteiger partial charge in [-0.05, 0) is 0 Å². The molecule has 0 saturated carbocycles. The molecule has 0 radical (unpaired) electrons. The van der Waals surface area contributed by atoms with E-state index in [2.05, 4.69) is 0 Å². The Balaban J connectivity index is 2.58. The Labute approximate surface area is 70.5 Å². The molecule has 72 valence electrons. The van der Waals surface area contributed by atoms with Gasteiger partial charge in [-0.2, -0.15) is 0 Å². The fourth-order valence-corrected chi connectivity index (χ4v) is 1.37. The molecule has 0 aromatic carbocycles. The van der Waals surface area contributed by atoms with Crippen LogP contribution in [-0.4, -0.2) is 54.1 Å². The molecular formula is C7H14O5. The minimum atomic E-state index is -0.857. The van der Waals surface area contributed by atoms with Gasteiger partial charge in [-0.3, -0.25) is 0 Å². The second-order valence-corrected chi connectivity index (χ2v) is 2.80. The minimum absolute atomic E-state index is 0.212. The predicted octanol–water partition coefficient (Wildman–Crippen LogP) is -1.68. The molecule has 1 saturated heterocycles. The number of methoxy groups -OCH3 is 1. The lowest BCUT2D eigenvalue weighted by Gasteiger charge is -2.15. The summed E-state index contributed by atoms with van der Waals surface area (Å²) in [5, 5.41) is 27.0. The molecule has 0 bridgehead atoms. The second kappa shape index (κ2) is 4.15. The molecule has 5 heteroatoms. The molecule has 1 fully saturated rings. The van der Waals surface area contributed by atoms with Gasteiger partial charge in [-0.1, -0.05) is 0 Å². The van der Waals surface area contributed by atoms with Crippen molar-refractivity contribution in [2.75, 3.05) is 20.3 Å². The van der Waals surface area contributed by atoms with Crippen molar-refractivity contribution in [3.63, 3.8) is 0 Å². The van der Waals surface area contributed by atoms with Crippen LogP contribution in [0.5, 0.6) is 0 Å². The highest BCUT2D eigenvalue weighted by atomic mass is 16.7. The summed E-state index contributed by atoms with van der Waals surface area (Å²) in [4.78, 5) is 0. The lowest BCUT2D eigenvalue weighted by molar-refractivity contribution is -0.142. The van der Waals surface area contributed by atoms with Crippen LogP contribution in [-0.2, 0) is 9.47 Å². The largest absolute Gasteiger partial charge is 0.396 e. The summed E-state index contributed by atoms with van der Waals surface area (Å²) in [6.07, 6.45) is -2.13. The highest BCUT2D eigenvalue weighted by Gasteiger charge is 2.42. The van der Waals surface area contributed by atoms with Crippen molar-refractivity contribution in [3.8, 4) is 0 Å². The van der Waals surface area contributed by atoms with Gasteiger partial charge >= 0.3 is 0 Å². The molecule has 1 rings (SSSR count). The molecule has 5 nitrogen and oxygen atoms in total. The molecule has 3 N–H and O–H groups in total. The Morgan fingerprint density at radius 3 is 2.33 bits per heavy atom. The highest BCUT2D eigenvalue weighted by Crippen LogP contribution is 2.26. The average molecular weight is 178 g/mol. The third kappa shape index (κ3) is 1.60. The fourth-order valence-electron chi connectivity index (χ4n) is 1.37. The first kappa shape index (κ1) is 9.88. The van der Waals surface area contributed by atoms with E-state index in [4.69, 9.17) is 19.7 Å². The van der Waals surface area contributed by atoms with E-state index in [9.17, 15) is 5.11 Å². The van der Waals surface area contributed by atoms with E-state index in [-0.39, 0.29) is 13.2 Å². The van der Waals surface area contributed by atoms with Crippen molar-refractivity contribution < 1.29 is 24.8 Å². The van der Waals surface area contributed by atoms with E-state index >= 15 is 0 Å². The molecule has 0 aromatic rings. The first-order chi connectivity index (χ1) is 5.74. The summed E-state index contributed by atoms with van der Waals surface area (Å²) in [7, 11) is 1.43. The zero-order chi connectivity index (χ0) is 9.14. The Kier molecular flexibility index (Phi) is 3.42. The monoisotopic (exact) mass is 178 g/mol. The van der Waals surface area contributed by atoms with Gasteiger partial charge in [-0.15, -0.1) is 0 Å². The summed E-state index contributed by atoms with van der Waals surface area (Å²) in [5.74, 6) is -0.466. The number of hydrogen-bond donors (Lipinski definition) is 3. The van der Waals surface area contributed by atoms with Crippen LogP contribution in [0.2, 0.25) is 0 Å². The van der Waals surface area contributed by atoms with Crippen LogP contribution in [0, 0.1) is 5.92 Å². The normalized spacial score (nSPS) is 42.0. The van der Waals surface area contributed by atoms with Gasteiger partial charge in [0, 0.05) is 7.11 Å². The van der Waals surface area contributed by atoms with Gasteiger partial charge in [0.1, 0.15) is 6.10 Å². The number of rotatable bonds is 3. The summed E-state index contributed by atoms with van der Waals surface area (Å²) >= 11 is 0. The first-order valence-electron chi connectivity index (χ1n) is 3.82. The van der Waals surface area contributed by atoms with E-state index in [0.717, 1.165) is 0 Å². The zero-order valence-corrected chi connectivity index (χ0v) is 6.88. The SMILES string of the molecule is CO[C@@H]1O[C@H](CO)[C@@H](O)[C@@H]1CO. The van der Waals surface area contributed by atoms with Crippen LogP contribution in [0.25, 0.3) is 0 Å². The van der Waals surface area contributed by atoms with Crippen molar-refractivity contribution in [3.05, 3.63) is 0 Å². The molecule has 0 aliphatic carbocycles. The van der Waals surface area contributed by atoms with Gasteiger partial charge in [-0.25, -0.2) is 0 Å². The molecule has 4 atom stereocenters. The quantitative estimate of drug-likeness (QED) is 0.481. The predicted molar refractivity (Wildman–Crippen MR) is 39.3 cm³/mol. The standard InChI is InChI=1S/C7H14O5/c1-11-7-4(2-8)6(10)5(3-9)12-7/h4-10H,2-3H2,1H3/t4-,5+,6-,7+/m0/s1. The molecule has 0 spiro atoms. The maximum Gasteiger partial charge on any atom is 0.165 e. The van der Waals surface area contributed by atoms with Crippen molar-refractivity contribution in [2.45, 2.75) is 18.5 Å². The van der Waals surface area contributed by atoms with E-state index in [1.807, 2.05) is 0 Å². The Morgan fingerprint density at radius 2 is 2.00 bits per heavy atom. The van der Waals surface area contributed by atoms with Crippen LogP contribution in [0.3, 0.4) is 0 Å². The summed E-state index contributed by atoms with van der Waals surface area (Å²) < 4.78 is 9.96. The fraction of sp³-hybridized carbons (Fsp3) is 1.00. The van der Waals surface area contributed by atoms with Crippen LogP contribution in [0.15, 0.2) is 0 Å². The maximum absolute atomic E-state index is 9.43. The number of aliphatic hydroxyl groups is 3. The summed E-state index contributed by atoms with van der Waals surface area (Å²) in [5.41, 5.74) is 0. The molecule has 1 aliphatic heterocycles. The van der Waals surface area contributed by atoms with Gasteiger partial charge in [0.05, 0.1) is 25.2 Å². The maximum atomic E-state index is 9.43. The van der Waals surface area contributed by atoms with E-state index in [0.29, 0.717) is 0 Å². The van der Waals surface area contributed by atoms with Gasteiger partial charge in [0.2, 0.25) is 0 Å². The van der Waals surface area contributed by atoms with E-state index in [1.165, 1.54) is 7.11 Å². The van der Waals surface area contributed by atoms with Gasteiger partial charge < -0.3 is 24.8 Å². The van der Waals surface area contributed by atoms with Crippen LogP contribution >= 0.6 is 0 Å². The lowest BCUT2D eigenvalue weighted by atomic mass is 10.0.